The summed E-state index contributed by atoms with van der Waals surface area (Å²) in [7, 11) is 0. The number of hydrogen-bond donors (Lipinski definition) is 0. The minimum Gasteiger partial charge on any atom is -0.492 e. The fourth-order valence-corrected chi connectivity index (χ4v) is 0.910. The molecule has 0 fully saturated rings. The van der Waals surface area contributed by atoms with Crippen LogP contribution in [0.1, 0.15) is 12.8 Å². The van der Waals surface area contributed by atoms with Crippen LogP contribution in [0.25, 0.3) is 0 Å². The standard InChI is InChI=1S/C9H9F4NO/c10-8-3-2-7(6-14-8)15-5-1-4-9(11,12)13/h2-3,6H,1,4-5H2. The molecule has 0 unspecified atom stereocenters. The summed E-state index contributed by atoms with van der Waals surface area (Å²) in [5.74, 6) is -0.392. The van der Waals surface area contributed by atoms with E-state index < -0.39 is 18.5 Å². The molecular weight excluding hydrogens is 214 g/mol. The quantitative estimate of drug-likeness (QED) is 0.444. The monoisotopic (exact) mass is 223 g/mol. The van der Waals surface area contributed by atoms with Crippen LogP contribution in [0.5, 0.6) is 5.75 Å². The average molecular weight is 223 g/mol. The Morgan fingerprint density at radius 3 is 2.53 bits per heavy atom. The molecule has 0 aliphatic heterocycles. The minimum absolute atomic E-state index is 0.0627. The van der Waals surface area contributed by atoms with Gasteiger partial charge >= 0.3 is 6.18 Å². The minimum atomic E-state index is -4.16. The Labute approximate surface area is 83.9 Å². The van der Waals surface area contributed by atoms with Crippen molar-refractivity contribution < 1.29 is 22.3 Å². The van der Waals surface area contributed by atoms with Gasteiger partial charge in [0.25, 0.3) is 0 Å². The van der Waals surface area contributed by atoms with Crippen LogP contribution in [-0.2, 0) is 0 Å². The van der Waals surface area contributed by atoms with Crippen LogP contribution < -0.4 is 4.74 Å². The Kier molecular flexibility index (Phi) is 3.88. The Morgan fingerprint density at radius 2 is 2.00 bits per heavy atom. The molecular formula is C9H9F4NO. The third kappa shape index (κ3) is 5.19. The highest BCUT2D eigenvalue weighted by Crippen LogP contribution is 2.21. The number of ether oxygens (including phenoxy) is 1. The second-order valence-electron chi connectivity index (χ2n) is 2.88. The second kappa shape index (κ2) is 4.95. The molecule has 0 radical (unpaired) electrons. The van der Waals surface area contributed by atoms with Crippen molar-refractivity contribution in [1.82, 2.24) is 4.98 Å². The van der Waals surface area contributed by atoms with E-state index >= 15 is 0 Å². The van der Waals surface area contributed by atoms with Crippen molar-refractivity contribution in [3.63, 3.8) is 0 Å². The molecule has 0 aliphatic rings. The molecule has 0 atom stereocenters. The summed E-state index contributed by atoms with van der Waals surface area (Å²) in [5.41, 5.74) is 0. The van der Waals surface area contributed by atoms with Crippen molar-refractivity contribution in [2.75, 3.05) is 6.61 Å². The maximum atomic E-state index is 12.3. The van der Waals surface area contributed by atoms with Crippen molar-refractivity contribution in [1.29, 1.82) is 0 Å². The lowest BCUT2D eigenvalue weighted by Crippen LogP contribution is -2.09. The van der Waals surface area contributed by atoms with E-state index in [9.17, 15) is 17.6 Å². The number of halogens is 4. The van der Waals surface area contributed by atoms with Crippen molar-refractivity contribution in [3.05, 3.63) is 24.3 Å². The van der Waals surface area contributed by atoms with Crippen LogP contribution in [-0.4, -0.2) is 17.8 Å². The van der Waals surface area contributed by atoms with Crippen molar-refractivity contribution in [3.8, 4) is 5.75 Å². The summed E-state index contributed by atoms with van der Waals surface area (Å²) < 4.78 is 52.4. The number of hydrogen-bond acceptors (Lipinski definition) is 2. The lowest BCUT2D eigenvalue weighted by Gasteiger charge is -2.07. The van der Waals surface area contributed by atoms with Crippen LogP contribution in [0.2, 0.25) is 0 Å². The van der Waals surface area contributed by atoms with Crippen molar-refractivity contribution >= 4 is 0 Å². The Balaban J connectivity index is 2.23. The van der Waals surface area contributed by atoms with Gasteiger partial charge in [0.05, 0.1) is 12.8 Å². The molecule has 0 aromatic carbocycles. The van der Waals surface area contributed by atoms with Crippen molar-refractivity contribution in [2.45, 2.75) is 19.0 Å². The molecule has 1 heterocycles. The van der Waals surface area contributed by atoms with E-state index in [2.05, 4.69) is 4.98 Å². The van der Waals surface area contributed by atoms with Gasteiger partial charge in [-0.15, -0.1) is 0 Å². The summed E-state index contributed by atoms with van der Waals surface area (Å²) in [6.45, 7) is -0.0627. The smallest absolute Gasteiger partial charge is 0.389 e. The first-order valence-corrected chi connectivity index (χ1v) is 4.28. The lowest BCUT2D eigenvalue weighted by atomic mass is 10.3. The van der Waals surface area contributed by atoms with Crippen LogP contribution in [0.4, 0.5) is 17.6 Å². The van der Waals surface area contributed by atoms with Crippen LogP contribution in [0.15, 0.2) is 18.3 Å². The first kappa shape index (κ1) is 11.7. The van der Waals surface area contributed by atoms with E-state index in [-0.39, 0.29) is 18.8 Å². The van der Waals surface area contributed by atoms with E-state index in [1.165, 1.54) is 6.07 Å². The van der Waals surface area contributed by atoms with Gasteiger partial charge < -0.3 is 4.74 Å². The number of nitrogens with zero attached hydrogens (tertiary/aromatic N) is 1. The average Bonchev–Trinajstić information content (AvgIpc) is 2.14. The maximum Gasteiger partial charge on any atom is 0.389 e. The zero-order chi connectivity index (χ0) is 11.3. The first-order chi connectivity index (χ1) is 6.97. The van der Waals surface area contributed by atoms with E-state index in [1.807, 2.05) is 0 Å². The van der Waals surface area contributed by atoms with Gasteiger partial charge in [-0.3, -0.25) is 0 Å². The fraction of sp³-hybridized carbons (Fsp3) is 0.444. The summed E-state index contributed by atoms with van der Waals surface area (Å²) in [4.78, 5) is 3.29. The molecule has 15 heavy (non-hydrogen) atoms. The highest BCUT2D eigenvalue weighted by molar-refractivity contribution is 5.15. The molecule has 0 N–H and O–H groups in total. The molecule has 0 aliphatic carbocycles. The summed E-state index contributed by atoms with van der Waals surface area (Å²) in [6.07, 6.45) is -4.05. The SMILES string of the molecule is Fc1ccc(OCCCC(F)(F)F)cn1. The Bertz CT molecular complexity index is 296. The number of rotatable bonds is 4. The molecule has 84 valence electrons. The number of alkyl halides is 3. The van der Waals surface area contributed by atoms with Gasteiger partial charge in [-0.25, -0.2) is 4.98 Å². The molecule has 1 aromatic rings. The van der Waals surface area contributed by atoms with Gasteiger partial charge in [0.1, 0.15) is 5.75 Å². The molecule has 0 spiro atoms. The summed E-state index contributed by atoms with van der Waals surface area (Å²) in [5, 5.41) is 0. The van der Waals surface area contributed by atoms with Crippen molar-refractivity contribution in [2.24, 2.45) is 0 Å². The van der Waals surface area contributed by atoms with Gasteiger partial charge in [0, 0.05) is 6.42 Å². The first-order valence-electron chi connectivity index (χ1n) is 4.28. The zero-order valence-electron chi connectivity index (χ0n) is 7.72. The topological polar surface area (TPSA) is 22.1 Å². The number of aromatic nitrogens is 1. The fourth-order valence-electron chi connectivity index (χ4n) is 0.910. The molecule has 0 bridgehead atoms. The predicted octanol–water partition coefficient (Wildman–Crippen LogP) is 2.94. The highest BCUT2D eigenvalue weighted by Gasteiger charge is 2.26. The molecule has 0 saturated heterocycles. The predicted molar refractivity (Wildman–Crippen MR) is 45.0 cm³/mol. The van der Waals surface area contributed by atoms with Gasteiger partial charge in [0.15, 0.2) is 0 Å². The lowest BCUT2D eigenvalue weighted by molar-refractivity contribution is -0.136. The summed E-state index contributed by atoms with van der Waals surface area (Å²) in [6, 6.07) is 2.40. The van der Waals surface area contributed by atoms with Gasteiger partial charge in [0.2, 0.25) is 5.95 Å². The third-order valence-corrected chi connectivity index (χ3v) is 1.57. The molecule has 0 saturated carbocycles. The maximum absolute atomic E-state index is 12.3. The largest absolute Gasteiger partial charge is 0.492 e. The van der Waals surface area contributed by atoms with E-state index in [1.54, 1.807) is 0 Å². The summed E-state index contributed by atoms with van der Waals surface area (Å²) >= 11 is 0. The molecule has 6 heteroatoms. The third-order valence-electron chi connectivity index (χ3n) is 1.57. The van der Waals surface area contributed by atoms with E-state index in [4.69, 9.17) is 4.74 Å². The molecule has 2 nitrogen and oxygen atoms in total. The highest BCUT2D eigenvalue weighted by atomic mass is 19.4. The zero-order valence-corrected chi connectivity index (χ0v) is 7.72. The molecule has 0 amide bonds. The Hall–Kier alpha value is -1.33. The van der Waals surface area contributed by atoms with E-state index in [0.29, 0.717) is 0 Å². The van der Waals surface area contributed by atoms with E-state index in [0.717, 1.165) is 12.3 Å². The van der Waals surface area contributed by atoms with Crippen LogP contribution >= 0.6 is 0 Å². The van der Waals surface area contributed by atoms with Crippen LogP contribution in [0, 0.1) is 5.95 Å². The normalized spacial score (nSPS) is 11.5. The van der Waals surface area contributed by atoms with Gasteiger partial charge in [-0.2, -0.15) is 17.6 Å². The van der Waals surface area contributed by atoms with Crippen LogP contribution in [0.3, 0.4) is 0 Å². The Morgan fingerprint density at radius 1 is 1.27 bits per heavy atom. The van der Waals surface area contributed by atoms with Gasteiger partial charge in [-0.05, 0) is 18.6 Å². The van der Waals surface area contributed by atoms with Gasteiger partial charge in [-0.1, -0.05) is 0 Å². The molecule has 1 aromatic heterocycles. The number of pyridine rings is 1. The second-order valence-corrected chi connectivity index (χ2v) is 2.88. The molecule has 1 rings (SSSR count).